The van der Waals surface area contributed by atoms with E-state index in [1.54, 1.807) is 10.9 Å². The molecule has 0 radical (unpaired) electrons. The van der Waals surface area contributed by atoms with E-state index in [4.69, 9.17) is 0 Å². The van der Waals surface area contributed by atoms with E-state index < -0.39 is 6.04 Å². The van der Waals surface area contributed by atoms with Crippen LogP contribution >= 0.6 is 0 Å². The molecule has 5 heteroatoms. The predicted molar refractivity (Wildman–Crippen MR) is 85.5 cm³/mol. The summed E-state index contributed by atoms with van der Waals surface area (Å²) < 4.78 is 1.72. The van der Waals surface area contributed by atoms with Crippen LogP contribution in [0.5, 0.6) is 0 Å². The van der Waals surface area contributed by atoms with Gasteiger partial charge in [0.2, 0.25) is 5.91 Å². The topological polar surface area (TPSA) is 50.2 Å². The number of carbonyl (C=O) groups excluding carboxylic acids is 1. The molecule has 1 aliphatic heterocycles. The highest BCUT2D eigenvalue weighted by Crippen LogP contribution is 2.18. The Morgan fingerprint density at radius 2 is 2.14 bits per heavy atom. The second-order valence-corrected chi connectivity index (χ2v) is 5.91. The Kier molecular flexibility index (Phi) is 4.53. The highest BCUT2D eigenvalue weighted by atomic mass is 16.2. The van der Waals surface area contributed by atoms with E-state index in [9.17, 15) is 4.79 Å². The van der Waals surface area contributed by atoms with E-state index in [0.717, 1.165) is 31.5 Å². The average Bonchev–Trinajstić information content (AvgIpc) is 3.02. The van der Waals surface area contributed by atoms with Gasteiger partial charge in [0.1, 0.15) is 0 Å². The third kappa shape index (κ3) is 3.36. The van der Waals surface area contributed by atoms with E-state index >= 15 is 0 Å². The van der Waals surface area contributed by atoms with Gasteiger partial charge < -0.3 is 10.2 Å². The van der Waals surface area contributed by atoms with E-state index in [-0.39, 0.29) is 11.9 Å². The van der Waals surface area contributed by atoms with Crippen LogP contribution in [0.15, 0.2) is 48.8 Å². The summed E-state index contributed by atoms with van der Waals surface area (Å²) in [6, 6.07) is 11.4. The maximum absolute atomic E-state index is 12.8. The molecule has 1 amide bonds. The first-order valence-electron chi connectivity index (χ1n) is 7.77. The Labute approximate surface area is 130 Å². The van der Waals surface area contributed by atoms with Gasteiger partial charge in [-0.2, -0.15) is 5.10 Å². The monoisotopic (exact) mass is 298 g/mol. The van der Waals surface area contributed by atoms with Crippen LogP contribution in [-0.2, 0) is 4.79 Å². The fraction of sp³-hybridized carbons (Fsp3) is 0.412. The second kappa shape index (κ2) is 6.75. The molecule has 5 nitrogen and oxygen atoms in total. The summed E-state index contributed by atoms with van der Waals surface area (Å²) in [4.78, 5) is 15.1. The number of carbonyl (C=O) groups is 1. The quantitative estimate of drug-likeness (QED) is 0.934. The Morgan fingerprint density at radius 3 is 2.82 bits per heavy atom. The van der Waals surface area contributed by atoms with Gasteiger partial charge in [-0.3, -0.25) is 9.48 Å². The molecule has 0 bridgehead atoms. The van der Waals surface area contributed by atoms with Crippen molar-refractivity contribution in [2.24, 2.45) is 0 Å². The molecular formula is C17H22N4O. The lowest BCUT2D eigenvalue weighted by molar-refractivity contribution is -0.124. The number of piperidine rings is 1. The maximum Gasteiger partial charge on any atom is 0.249 e. The minimum Gasteiger partial charge on any atom is -0.350 e. The Hall–Kier alpha value is -2.14. The Balaban J connectivity index is 1.79. The minimum absolute atomic E-state index is 0.00944. The number of nitrogens with one attached hydrogen (secondary N) is 1. The molecule has 3 rings (SSSR count). The summed E-state index contributed by atoms with van der Waals surface area (Å²) in [7, 11) is 2.10. The van der Waals surface area contributed by atoms with Gasteiger partial charge in [-0.05, 0) is 38.1 Å². The molecule has 0 saturated carbocycles. The summed E-state index contributed by atoms with van der Waals surface area (Å²) in [5.41, 5.74) is 0.952. The first kappa shape index (κ1) is 14.8. The fourth-order valence-electron chi connectivity index (χ4n) is 3.06. The maximum atomic E-state index is 12.8. The van der Waals surface area contributed by atoms with Gasteiger partial charge in [0.05, 0.1) is 0 Å². The van der Waals surface area contributed by atoms with E-state index in [1.165, 1.54) is 0 Å². The summed E-state index contributed by atoms with van der Waals surface area (Å²) in [6.45, 7) is 2.01. The fourth-order valence-corrected chi connectivity index (χ4v) is 3.06. The second-order valence-electron chi connectivity index (χ2n) is 5.91. The molecule has 1 fully saturated rings. The average molecular weight is 298 g/mol. The van der Waals surface area contributed by atoms with Crippen molar-refractivity contribution in [3.63, 3.8) is 0 Å². The highest BCUT2D eigenvalue weighted by molar-refractivity contribution is 5.83. The molecule has 1 aromatic heterocycles. The largest absolute Gasteiger partial charge is 0.350 e. The zero-order chi connectivity index (χ0) is 15.4. The zero-order valence-corrected chi connectivity index (χ0v) is 12.9. The normalized spacial score (nSPS) is 20.5. The molecule has 2 aromatic rings. The van der Waals surface area contributed by atoms with Crippen LogP contribution in [0.1, 0.15) is 24.4 Å². The Bertz CT molecular complexity index is 596. The van der Waals surface area contributed by atoms with Crippen molar-refractivity contribution < 1.29 is 4.79 Å². The number of hydrogen-bond acceptors (Lipinski definition) is 3. The molecule has 0 spiro atoms. The number of rotatable bonds is 4. The lowest BCUT2D eigenvalue weighted by Gasteiger charge is -2.31. The number of amides is 1. The molecule has 1 aromatic carbocycles. The molecule has 22 heavy (non-hydrogen) atoms. The minimum atomic E-state index is -0.413. The summed E-state index contributed by atoms with van der Waals surface area (Å²) in [5.74, 6) is 0.00944. The van der Waals surface area contributed by atoms with Gasteiger partial charge in [-0.25, -0.2) is 0 Å². The van der Waals surface area contributed by atoms with Crippen molar-refractivity contribution >= 4 is 5.91 Å². The van der Waals surface area contributed by atoms with Crippen LogP contribution < -0.4 is 5.32 Å². The molecule has 2 atom stereocenters. The molecule has 0 unspecified atom stereocenters. The van der Waals surface area contributed by atoms with Gasteiger partial charge in [0, 0.05) is 25.0 Å². The molecule has 0 aliphatic carbocycles. The lowest BCUT2D eigenvalue weighted by Crippen LogP contribution is -2.48. The van der Waals surface area contributed by atoms with Crippen molar-refractivity contribution in [2.45, 2.75) is 24.9 Å². The third-order valence-electron chi connectivity index (χ3n) is 4.12. The van der Waals surface area contributed by atoms with Gasteiger partial charge >= 0.3 is 0 Å². The lowest BCUT2D eigenvalue weighted by atomic mass is 10.0. The van der Waals surface area contributed by atoms with Gasteiger partial charge in [-0.15, -0.1) is 0 Å². The van der Waals surface area contributed by atoms with Crippen molar-refractivity contribution in [2.75, 3.05) is 20.1 Å². The number of aromatic nitrogens is 2. The molecule has 1 N–H and O–H groups in total. The SMILES string of the molecule is CN1CCC[C@H](NC(=O)[C@@H](c2ccccc2)n2cccn2)C1. The van der Waals surface area contributed by atoms with E-state index in [2.05, 4.69) is 22.4 Å². The van der Waals surface area contributed by atoms with Crippen molar-refractivity contribution in [1.29, 1.82) is 0 Å². The Morgan fingerprint density at radius 1 is 1.32 bits per heavy atom. The van der Waals surface area contributed by atoms with Crippen LogP contribution in [0, 0.1) is 0 Å². The molecule has 1 aliphatic rings. The molecule has 1 saturated heterocycles. The van der Waals surface area contributed by atoms with Crippen LogP contribution in [0.4, 0.5) is 0 Å². The first-order valence-corrected chi connectivity index (χ1v) is 7.77. The number of likely N-dealkylation sites (N-methyl/N-ethyl adjacent to an activating group) is 1. The number of likely N-dealkylation sites (tertiary alicyclic amines) is 1. The summed E-state index contributed by atoms with van der Waals surface area (Å²) in [6.07, 6.45) is 5.71. The van der Waals surface area contributed by atoms with Crippen LogP contribution in [-0.4, -0.2) is 46.8 Å². The third-order valence-corrected chi connectivity index (χ3v) is 4.12. The number of hydrogen-bond donors (Lipinski definition) is 1. The standard InChI is InChI=1S/C17H22N4O/c1-20-11-5-9-15(13-20)19-17(22)16(21-12-6-10-18-21)14-7-3-2-4-8-14/h2-4,6-8,10,12,15-16H,5,9,11,13H2,1H3,(H,19,22)/t15-,16+/m0/s1. The molecule has 2 heterocycles. The van der Waals surface area contributed by atoms with E-state index in [0.29, 0.717) is 0 Å². The van der Waals surface area contributed by atoms with Crippen molar-refractivity contribution in [3.05, 3.63) is 54.4 Å². The van der Waals surface area contributed by atoms with Gasteiger partial charge in [0.25, 0.3) is 0 Å². The van der Waals surface area contributed by atoms with Gasteiger partial charge in [-0.1, -0.05) is 30.3 Å². The molecule has 116 valence electrons. The zero-order valence-electron chi connectivity index (χ0n) is 12.9. The van der Waals surface area contributed by atoms with Crippen LogP contribution in [0.2, 0.25) is 0 Å². The first-order chi connectivity index (χ1) is 10.7. The molecular weight excluding hydrogens is 276 g/mol. The smallest absolute Gasteiger partial charge is 0.249 e. The van der Waals surface area contributed by atoms with Crippen LogP contribution in [0.3, 0.4) is 0 Å². The predicted octanol–water partition coefficient (Wildman–Crippen LogP) is 1.68. The van der Waals surface area contributed by atoms with E-state index in [1.807, 2.05) is 42.6 Å². The summed E-state index contributed by atoms with van der Waals surface area (Å²) >= 11 is 0. The van der Waals surface area contributed by atoms with Gasteiger partial charge in [0.15, 0.2) is 6.04 Å². The highest BCUT2D eigenvalue weighted by Gasteiger charge is 2.26. The van der Waals surface area contributed by atoms with Crippen LogP contribution in [0.25, 0.3) is 0 Å². The van der Waals surface area contributed by atoms with Crippen molar-refractivity contribution in [1.82, 2.24) is 20.0 Å². The summed E-state index contributed by atoms with van der Waals surface area (Å²) in [5, 5.41) is 7.46. The number of benzene rings is 1. The number of nitrogens with zero attached hydrogens (tertiary/aromatic N) is 3. The van der Waals surface area contributed by atoms with Crippen molar-refractivity contribution in [3.8, 4) is 0 Å².